The van der Waals surface area contributed by atoms with Gasteiger partial charge in [0.15, 0.2) is 0 Å². The monoisotopic (exact) mass is 436 g/mol. The summed E-state index contributed by atoms with van der Waals surface area (Å²) in [6.07, 6.45) is 9.17. The number of likely N-dealkylation sites (tertiary alicyclic amines) is 1. The molecule has 28 heavy (non-hydrogen) atoms. The van der Waals surface area contributed by atoms with Crippen LogP contribution in [-0.2, 0) is 0 Å². The van der Waals surface area contributed by atoms with Crippen LogP contribution in [0.25, 0.3) is 0 Å². The molecule has 1 amide bonds. The van der Waals surface area contributed by atoms with E-state index in [0.717, 1.165) is 48.1 Å². The fourth-order valence-electron chi connectivity index (χ4n) is 5.07. The molecule has 1 aliphatic carbocycles. The van der Waals surface area contributed by atoms with E-state index in [1.807, 2.05) is 11.0 Å². The lowest BCUT2D eigenvalue weighted by Gasteiger charge is -2.39. The molecule has 3 nitrogen and oxygen atoms in total. The zero-order chi connectivity index (χ0) is 19.1. The van der Waals surface area contributed by atoms with Gasteiger partial charge in [-0.1, -0.05) is 52.3 Å². The molecule has 3 atom stereocenters. The maximum Gasteiger partial charge on any atom is 0.255 e. The van der Waals surface area contributed by atoms with Gasteiger partial charge in [0.05, 0.1) is 17.3 Å². The summed E-state index contributed by atoms with van der Waals surface area (Å²) >= 11 is 3.54. The number of piperidine rings is 1. The van der Waals surface area contributed by atoms with E-state index in [4.69, 9.17) is 0 Å². The van der Waals surface area contributed by atoms with Crippen molar-refractivity contribution in [2.75, 3.05) is 18.4 Å². The zero-order valence-electron chi connectivity index (χ0n) is 15.9. The fourth-order valence-corrected chi connectivity index (χ4v) is 5.33. The lowest BCUT2D eigenvalue weighted by Crippen LogP contribution is -2.37. The smallest absolute Gasteiger partial charge is 0.255 e. The molecule has 3 aliphatic rings. The molecule has 2 aromatic carbocycles. The molecule has 0 saturated carbocycles. The van der Waals surface area contributed by atoms with Gasteiger partial charge in [-0.25, -0.2) is 0 Å². The minimum Gasteiger partial charge on any atom is -0.377 e. The van der Waals surface area contributed by atoms with Crippen molar-refractivity contribution in [1.29, 1.82) is 0 Å². The number of rotatable bonds is 2. The van der Waals surface area contributed by atoms with E-state index in [-0.39, 0.29) is 11.9 Å². The van der Waals surface area contributed by atoms with Crippen LogP contribution in [0, 0.1) is 5.92 Å². The summed E-state index contributed by atoms with van der Waals surface area (Å²) in [4.78, 5) is 15.3. The number of fused-ring (bicyclic) bond motifs is 3. The molecule has 1 N–H and O–H groups in total. The van der Waals surface area contributed by atoms with E-state index in [1.165, 1.54) is 17.5 Å². The third-order valence-corrected chi connectivity index (χ3v) is 7.03. The summed E-state index contributed by atoms with van der Waals surface area (Å²) in [5, 5.41) is 3.79. The van der Waals surface area contributed by atoms with Crippen LogP contribution in [-0.4, -0.2) is 23.9 Å². The van der Waals surface area contributed by atoms with Gasteiger partial charge in [0.2, 0.25) is 0 Å². The Hall–Kier alpha value is -2.07. The summed E-state index contributed by atoms with van der Waals surface area (Å²) in [6.45, 7) is 1.76. The van der Waals surface area contributed by atoms with Crippen molar-refractivity contribution in [2.24, 2.45) is 5.92 Å². The van der Waals surface area contributed by atoms with Crippen LogP contribution in [0.3, 0.4) is 0 Å². The average Bonchev–Trinajstić information content (AvgIpc) is 3.24. The topological polar surface area (TPSA) is 32.3 Å². The second kappa shape index (κ2) is 7.40. The van der Waals surface area contributed by atoms with Gasteiger partial charge in [0.1, 0.15) is 0 Å². The number of nitrogens with zero attached hydrogens (tertiary/aromatic N) is 1. The summed E-state index contributed by atoms with van der Waals surface area (Å²) in [7, 11) is 0. The highest BCUT2D eigenvalue weighted by Crippen LogP contribution is 2.50. The Morgan fingerprint density at radius 2 is 1.82 bits per heavy atom. The molecule has 144 valence electrons. The van der Waals surface area contributed by atoms with Crippen LogP contribution in [0.1, 0.15) is 59.1 Å². The molecule has 3 unspecified atom stereocenters. The number of hydrogen-bond donors (Lipinski definition) is 1. The van der Waals surface area contributed by atoms with Gasteiger partial charge in [-0.3, -0.25) is 4.79 Å². The second-order valence-corrected chi connectivity index (χ2v) is 9.07. The lowest BCUT2D eigenvalue weighted by atomic mass is 9.76. The molecular weight excluding hydrogens is 412 g/mol. The van der Waals surface area contributed by atoms with Gasteiger partial charge in [-0.2, -0.15) is 0 Å². The van der Waals surface area contributed by atoms with Crippen molar-refractivity contribution >= 4 is 27.5 Å². The molecular formula is C24H25BrN2O. The molecule has 0 bridgehead atoms. The van der Waals surface area contributed by atoms with Gasteiger partial charge >= 0.3 is 0 Å². The third-order valence-electron chi connectivity index (χ3n) is 6.50. The molecule has 0 aromatic heterocycles. The third kappa shape index (κ3) is 3.08. The Morgan fingerprint density at radius 3 is 2.61 bits per heavy atom. The number of benzene rings is 2. The molecule has 2 heterocycles. The van der Waals surface area contributed by atoms with Gasteiger partial charge in [-0.05, 0) is 60.9 Å². The largest absolute Gasteiger partial charge is 0.377 e. The number of halogens is 1. The standard InChI is InChI=1S/C24H25BrN2O/c25-17-12-10-16(11-13-17)22-19-7-4-6-18(19)20-8-5-9-21(23(20)26-22)24(28)27-14-2-1-3-15-27/h4-6,8-13,18-19,22,26H,1-3,7,14-15H2. The van der Waals surface area contributed by atoms with Gasteiger partial charge in [0.25, 0.3) is 5.91 Å². The lowest BCUT2D eigenvalue weighted by molar-refractivity contribution is 0.0725. The van der Waals surface area contributed by atoms with Crippen LogP contribution in [0.15, 0.2) is 59.1 Å². The van der Waals surface area contributed by atoms with Crippen LogP contribution in [0.5, 0.6) is 0 Å². The van der Waals surface area contributed by atoms with Crippen molar-refractivity contribution in [3.8, 4) is 0 Å². The van der Waals surface area contributed by atoms with E-state index in [2.05, 4.69) is 69.8 Å². The van der Waals surface area contributed by atoms with Crippen molar-refractivity contribution in [3.05, 3.63) is 75.8 Å². The molecule has 0 spiro atoms. The van der Waals surface area contributed by atoms with Gasteiger partial charge in [-0.15, -0.1) is 0 Å². The van der Waals surface area contributed by atoms with E-state index >= 15 is 0 Å². The number of allylic oxidation sites excluding steroid dienone is 2. The minimum absolute atomic E-state index is 0.180. The van der Waals surface area contributed by atoms with E-state index in [0.29, 0.717) is 11.8 Å². The molecule has 5 rings (SSSR count). The first-order chi connectivity index (χ1) is 13.7. The number of carbonyl (C=O) groups is 1. The maximum absolute atomic E-state index is 13.3. The highest BCUT2D eigenvalue weighted by Gasteiger charge is 2.39. The summed E-state index contributed by atoms with van der Waals surface area (Å²) in [5.41, 5.74) is 4.43. The van der Waals surface area contributed by atoms with Crippen LogP contribution >= 0.6 is 15.9 Å². The Balaban J connectivity index is 1.55. The van der Waals surface area contributed by atoms with Crippen molar-refractivity contribution < 1.29 is 4.79 Å². The van der Waals surface area contributed by atoms with Crippen molar-refractivity contribution in [3.63, 3.8) is 0 Å². The highest BCUT2D eigenvalue weighted by molar-refractivity contribution is 9.10. The Labute approximate surface area is 174 Å². The van der Waals surface area contributed by atoms with Crippen LogP contribution < -0.4 is 5.32 Å². The summed E-state index contributed by atoms with van der Waals surface area (Å²) in [6, 6.07) is 15.1. The molecule has 1 fully saturated rings. The molecule has 1 saturated heterocycles. The number of hydrogen-bond acceptors (Lipinski definition) is 2. The molecule has 4 heteroatoms. The Kier molecular flexibility index (Phi) is 4.75. The van der Waals surface area contributed by atoms with E-state index in [1.54, 1.807) is 0 Å². The second-order valence-electron chi connectivity index (χ2n) is 8.15. The molecule has 0 radical (unpaired) electrons. The number of para-hydroxylation sites is 1. The Bertz CT molecular complexity index is 915. The predicted octanol–water partition coefficient (Wildman–Crippen LogP) is 5.90. The summed E-state index contributed by atoms with van der Waals surface area (Å²) < 4.78 is 1.09. The van der Waals surface area contributed by atoms with Crippen LogP contribution in [0.2, 0.25) is 0 Å². The predicted molar refractivity (Wildman–Crippen MR) is 117 cm³/mol. The first-order valence-corrected chi connectivity index (χ1v) is 11.1. The Morgan fingerprint density at radius 1 is 1.04 bits per heavy atom. The highest BCUT2D eigenvalue weighted by atomic mass is 79.9. The SMILES string of the molecule is O=C(c1cccc2c1NC(c1ccc(Br)cc1)C1CC=CC21)N1CCCCC1. The first kappa shape index (κ1) is 18.0. The fraction of sp³-hybridized carbons (Fsp3) is 0.375. The zero-order valence-corrected chi connectivity index (χ0v) is 17.5. The normalized spacial score (nSPS) is 25.8. The maximum atomic E-state index is 13.3. The van der Waals surface area contributed by atoms with Crippen LogP contribution in [0.4, 0.5) is 5.69 Å². The van der Waals surface area contributed by atoms with E-state index in [9.17, 15) is 4.79 Å². The number of amides is 1. The van der Waals surface area contributed by atoms with E-state index < -0.39 is 0 Å². The minimum atomic E-state index is 0.180. The van der Waals surface area contributed by atoms with Crippen molar-refractivity contribution in [1.82, 2.24) is 4.90 Å². The quantitative estimate of drug-likeness (QED) is 0.594. The van der Waals surface area contributed by atoms with Gasteiger partial charge < -0.3 is 10.2 Å². The molecule has 2 aromatic rings. The molecule has 2 aliphatic heterocycles. The average molecular weight is 437 g/mol. The number of nitrogens with one attached hydrogen (secondary N) is 1. The first-order valence-electron chi connectivity index (χ1n) is 10.3. The summed E-state index contributed by atoms with van der Waals surface area (Å²) in [5.74, 6) is 1.05. The number of carbonyl (C=O) groups excluding carboxylic acids is 1. The van der Waals surface area contributed by atoms with Gasteiger partial charge in [0, 0.05) is 23.5 Å². The van der Waals surface area contributed by atoms with Crippen molar-refractivity contribution in [2.45, 2.75) is 37.6 Å². The number of anilines is 1.